The van der Waals surface area contributed by atoms with Gasteiger partial charge in [0.2, 0.25) is 0 Å². The molecule has 2 nitrogen and oxygen atoms in total. The summed E-state index contributed by atoms with van der Waals surface area (Å²) in [7, 11) is 0. The summed E-state index contributed by atoms with van der Waals surface area (Å²) in [5.74, 6) is 0.725. The number of benzene rings is 1. The van der Waals surface area contributed by atoms with Crippen molar-refractivity contribution in [1.82, 2.24) is 10.3 Å². The van der Waals surface area contributed by atoms with Crippen LogP contribution in [0.2, 0.25) is 0 Å². The molecule has 1 aromatic heterocycles. The van der Waals surface area contributed by atoms with E-state index in [2.05, 4.69) is 42.6 Å². The number of aryl methyl sites for hydroxylation is 1. The molecule has 0 aliphatic carbocycles. The summed E-state index contributed by atoms with van der Waals surface area (Å²) < 4.78 is 0. The zero-order valence-corrected chi connectivity index (χ0v) is 12.2. The Kier molecular flexibility index (Phi) is 3.95. The second-order valence-corrected chi connectivity index (χ2v) is 6.36. The van der Waals surface area contributed by atoms with Gasteiger partial charge in [-0.05, 0) is 44.3 Å². The van der Waals surface area contributed by atoms with Crippen LogP contribution in [-0.2, 0) is 6.42 Å². The summed E-state index contributed by atoms with van der Waals surface area (Å²) in [6.07, 6.45) is 3.49. The molecule has 1 aliphatic heterocycles. The standard InChI is InChI=1S/C16H20N2S/c1-12-16(14-7-9-17-10-8-14)19-15(18-12)11-13-5-3-2-4-6-13/h2-6,14,17H,7-11H2,1H3. The first-order valence-corrected chi connectivity index (χ1v) is 7.85. The lowest BCUT2D eigenvalue weighted by Gasteiger charge is -2.21. The molecule has 0 radical (unpaired) electrons. The predicted octanol–water partition coefficient (Wildman–Crippen LogP) is 3.51. The van der Waals surface area contributed by atoms with Crippen molar-refractivity contribution in [2.45, 2.75) is 32.1 Å². The Hall–Kier alpha value is -1.19. The van der Waals surface area contributed by atoms with Gasteiger partial charge < -0.3 is 5.32 Å². The third-order valence-corrected chi connectivity index (χ3v) is 5.10. The van der Waals surface area contributed by atoms with Crippen LogP contribution in [0.3, 0.4) is 0 Å². The summed E-state index contributed by atoms with van der Waals surface area (Å²) in [4.78, 5) is 6.30. The zero-order valence-electron chi connectivity index (χ0n) is 11.4. The van der Waals surface area contributed by atoms with Crippen molar-refractivity contribution < 1.29 is 0 Å². The molecule has 1 aliphatic rings. The molecule has 1 N–H and O–H groups in total. The summed E-state index contributed by atoms with van der Waals surface area (Å²) in [6.45, 7) is 4.47. The maximum absolute atomic E-state index is 4.78. The summed E-state index contributed by atoms with van der Waals surface area (Å²) in [5, 5.41) is 4.70. The molecule has 1 aromatic carbocycles. The molecule has 2 heterocycles. The minimum Gasteiger partial charge on any atom is -0.317 e. The van der Waals surface area contributed by atoms with Crippen molar-refractivity contribution in [2.75, 3.05) is 13.1 Å². The second kappa shape index (κ2) is 5.85. The molecule has 1 fully saturated rings. The molecule has 0 spiro atoms. The second-order valence-electron chi connectivity index (χ2n) is 5.24. The smallest absolute Gasteiger partial charge is 0.0974 e. The van der Waals surface area contributed by atoms with Gasteiger partial charge in [-0.1, -0.05) is 30.3 Å². The van der Waals surface area contributed by atoms with E-state index in [4.69, 9.17) is 4.98 Å². The molecule has 0 atom stereocenters. The van der Waals surface area contributed by atoms with Crippen LogP contribution in [0, 0.1) is 6.92 Å². The van der Waals surface area contributed by atoms with Gasteiger partial charge in [0.15, 0.2) is 0 Å². The molecule has 3 heteroatoms. The Morgan fingerprint density at radius 3 is 2.68 bits per heavy atom. The van der Waals surface area contributed by atoms with Crippen LogP contribution in [0.15, 0.2) is 30.3 Å². The molecule has 0 amide bonds. The van der Waals surface area contributed by atoms with E-state index in [9.17, 15) is 0 Å². The molecular weight excluding hydrogens is 252 g/mol. The van der Waals surface area contributed by atoms with E-state index in [1.165, 1.54) is 34.0 Å². The van der Waals surface area contributed by atoms with E-state index in [0.29, 0.717) is 0 Å². The maximum Gasteiger partial charge on any atom is 0.0974 e. The van der Waals surface area contributed by atoms with Gasteiger partial charge in [-0.2, -0.15) is 0 Å². The largest absolute Gasteiger partial charge is 0.317 e. The lowest BCUT2D eigenvalue weighted by molar-refractivity contribution is 0.463. The van der Waals surface area contributed by atoms with Crippen LogP contribution in [0.25, 0.3) is 0 Å². The van der Waals surface area contributed by atoms with Crippen molar-refractivity contribution in [1.29, 1.82) is 0 Å². The molecule has 3 rings (SSSR count). The van der Waals surface area contributed by atoms with Gasteiger partial charge in [-0.25, -0.2) is 4.98 Å². The number of thiazole rings is 1. The molecule has 19 heavy (non-hydrogen) atoms. The van der Waals surface area contributed by atoms with Gasteiger partial charge in [0.1, 0.15) is 0 Å². The van der Waals surface area contributed by atoms with Gasteiger partial charge in [0, 0.05) is 11.3 Å². The Morgan fingerprint density at radius 1 is 1.21 bits per heavy atom. The first-order chi connectivity index (χ1) is 9.33. The van der Waals surface area contributed by atoms with E-state index in [0.717, 1.165) is 25.4 Å². The molecule has 0 bridgehead atoms. The van der Waals surface area contributed by atoms with Crippen LogP contribution in [0.4, 0.5) is 0 Å². The monoisotopic (exact) mass is 272 g/mol. The molecule has 100 valence electrons. The van der Waals surface area contributed by atoms with Gasteiger partial charge in [-0.15, -0.1) is 11.3 Å². The Labute approximate surface area is 118 Å². The molecule has 0 saturated carbocycles. The van der Waals surface area contributed by atoms with Gasteiger partial charge in [0.05, 0.1) is 10.7 Å². The fraction of sp³-hybridized carbons (Fsp3) is 0.438. The molecular formula is C16H20N2S. The van der Waals surface area contributed by atoms with E-state index < -0.39 is 0 Å². The van der Waals surface area contributed by atoms with E-state index in [1.807, 2.05) is 11.3 Å². The number of aromatic nitrogens is 1. The summed E-state index contributed by atoms with van der Waals surface area (Å²) in [5.41, 5.74) is 2.61. The minimum absolute atomic E-state index is 0.725. The Morgan fingerprint density at radius 2 is 1.95 bits per heavy atom. The van der Waals surface area contributed by atoms with Crippen molar-refractivity contribution in [3.8, 4) is 0 Å². The topological polar surface area (TPSA) is 24.9 Å². The Bertz CT molecular complexity index is 527. The van der Waals surface area contributed by atoms with Gasteiger partial charge in [-0.3, -0.25) is 0 Å². The summed E-state index contributed by atoms with van der Waals surface area (Å²) in [6, 6.07) is 10.6. The highest BCUT2D eigenvalue weighted by molar-refractivity contribution is 7.11. The highest BCUT2D eigenvalue weighted by Crippen LogP contribution is 2.33. The number of hydrogen-bond acceptors (Lipinski definition) is 3. The lowest BCUT2D eigenvalue weighted by atomic mass is 9.96. The Balaban J connectivity index is 1.77. The first-order valence-electron chi connectivity index (χ1n) is 7.04. The fourth-order valence-electron chi connectivity index (χ4n) is 2.77. The number of hydrogen-bond donors (Lipinski definition) is 1. The van der Waals surface area contributed by atoms with Crippen LogP contribution in [0.1, 0.15) is 39.9 Å². The van der Waals surface area contributed by atoms with E-state index in [-0.39, 0.29) is 0 Å². The van der Waals surface area contributed by atoms with Crippen LogP contribution in [0.5, 0.6) is 0 Å². The van der Waals surface area contributed by atoms with E-state index >= 15 is 0 Å². The SMILES string of the molecule is Cc1nc(Cc2ccccc2)sc1C1CCNCC1. The molecule has 0 unspecified atom stereocenters. The summed E-state index contributed by atoms with van der Waals surface area (Å²) >= 11 is 1.92. The van der Waals surface area contributed by atoms with Crippen molar-refractivity contribution in [3.63, 3.8) is 0 Å². The average molecular weight is 272 g/mol. The first kappa shape index (κ1) is 12.8. The van der Waals surface area contributed by atoms with Crippen molar-refractivity contribution in [2.24, 2.45) is 0 Å². The normalized spacial score (nSPS) is 16.7. The highest BCUT2D eigenvalue weighted by atomic mass is 32.1. The predicted molar refractivity (Wildman–Crippen MR) is 80.9 cm³/mol. The number of rotatable bonds is 3. The van der Waals surface area contributed by atoms with Crippen LogP contribution in [-0.4, -0.2) is 18.1 Å². The number of nitrogens with zero attached hydrogens (tertiary/aromatic N) is 1. The zero-order chi connectivity index (χ0) is 13.1. The molecule has 1 saturated heterocycles. The third-order valence-electron chi connectivity index (χ3n) is 3.78. The number of nitrogens with one attached hydrogen (secondary N) is 1. The van der Waals surface area contributed by atoms with E-state index in [1.54, 1.807) is 0 Å². The van der Waals surface area contributed by atoms with Crippen LogP contribution < -0.4 is 5.32 Å². The maximum atomic E-state index is 4.78. The average Bonchev–Trinajstić information content (AvgIpc) is 2.82. The van der Waals surface area contributed by atoms with Crippen LogP contribution >= 0.6 is 11.3 Å². The van der Waals surface area contributed by atoms with Gasteiger partial charge in [0.25, 0.3) is 0 Å². The quantitative estimate of drug-likeness (QED) is 0.925. The van der Waals surface area contributed by atoms with Crippen molar-refractivity contribution >= 4 is 11.3 Å². The van der Waals surface area contributed by atoms with Gasteiger partial charge >= 0.3 is 0 Å². The molecule has 2 aromatic rings. The highest BCUT2D eigenvalue weighted by Gasteiger charge is 2.20. The lowest BCUT2D eigenvalue weighted by Crippen LogP contribution is -2.26. The number of piperidine rings is 1. The third kappa shape index (κ3) is 3.04. The fourth-order valence-corrected chi connectivity index (χ4v) is 4.05. The minimum atomic E-state index is 0.725. The van der Waals surface area contributed by atoms with Crippen molar-refractivity contribution in [3.05, 3.63) is 51.5 Å².